The van der Waals surface area contributed by atoms with E-state index in [1.165, 1.54) is 16.7 Å². The Morgan fingerprint density at radius 1 is 0.852 bits per heavy atom. The van der Waals surface area contributed by atoms with Gasteiger partial charge in [0.1, 0.15) is 5.41 Å². The molecule has 3 aromatic rings. The quantitative estimate of drug-likeness (QED) is 0.630. The molecule has 0 N–H and O–H groups in total. The van der Waals surface area contributed by atoms with Gasteiger partial charge >= 0.3 is 0 Å². The fourth-order valence-electron chi connectivity index (χ4n) is 4.57. The number of para-hydroxylation sites is 1. The van der Waals surface area contributed by atoms with Crippen LogP contribution in [0.3, 0.4) is 0 Å². The Balaban J connectivity index is 1.83. The lowest BCUT2D eigenvalue weighted by molar-refractivity contribution is -0.121. The van der Waals surface area contributed by atoms with Crippen molar-refractivity contribution in [1.82, 2.24) is 0 Å². The monoisotopic (exact) mass is 355 g/mol. The van der Waals surface area contributed by atoms with Crippen LogP contribution in [0.25, 0.3) is 0 Å². The molecule has 1 heterocycles. The number of fused-ring (bicyclic) bond motifs is 1. The van der Waals surface area contributed by atoms with Crippen LogP contribution in [0.5, 0.6) is 0 Å². The molecule has 1 aliphatic heterocycles. The van der Waals surface area contributed by atoms with Crippen LogP contribution in [-0.4, -0.2) is 13.0 Å². The van der Waals surface area contributed by atoms with Crippen molar-refractivity contribution in [1.29, 1.82) is 0 Å². The second kappa shape index (κ2) is 6.70. The van der Waals surface area contributed by atoms with Gasteiger partial charge in [-0.15, -0.1) is 0 Å². The molecule has 2 nitrogen and oxygen atoms in total. The molecule has 136 valence electrons. The first-order valence-corrected chi connectivity index (χ1v) is 9.53. The number of anilines is 1. The molecule has 1 amide bonds. The predicted octanol–water partition coefficient (Wildman–Crippen LogP) is 5.20. The molecule has 2 heteroatoms. The van der Waals surface area contributed by atoms with Crippen LogP contribution in [0.2, 0.25) is 0 Å². The van der Waals surface area contributed by atoms with Gasteiger partial charge in [0.15, 0.2) is 0 Å². The number of hydrogen-bond acceptors (Lipinski definition) is 1. The molecule has 0 saturated heterocycles. The standard InChI is InChI=1S/C25H25NO/c1-18-15-19(2)17-20(16-18)13-14-25(21-9-5-4-6-10-21)22-11-7-8-12-23(22)26(3)24(25)27/h4-12,15-17H,13-14H2,1-3H3. The highest BCUT2D eigenvalue weighted by atomic mass is 16.2. The largest absolute Gasteiger partial charge is 0.314 e. The molecule has 0 spiro atoms. The number of hydrogen-bond donors (Lipinski definition) is 0. The van der Waals surface area contributed by atoms with Crippen molar-refractivity contribution in [2.45, 2.75) is 32.1 Å². The lowest BCUT2D eigenvalue weighted by Gasteiger charge is -2.29. The van der Waals surface area contributed by atoms with Gasteiger partial charge in [0.05, 0.1) is 0 Å². The summed E-state index contributed by atoms with van der Waals surface area (Å²) in [5.41, 5.74) is 6.44. The van der Waals surface area contributed by atoms with Crippen molar-refractivity contribution >= 4 is 11.6 Å². The molecule has 27 heavy (non-hydrogen) atoms. The number of carbonyl (C=O) groups excluding carboxylic acids is 1. The minimum atomic E-state index is -0.621. The van der Waals surface area contributed by atoms with E-state index in [1.54, 1.807) is 0 Å². The van der Waals surface area contributed by atoms with Crippen molar-refractivity contribution in [3.63, 3.8) is 0 Å². The third-order valence-corrected chi connectivity index (χ3v) is 5.73. The molecular weight excluding hydrogens is 330 g/mol. The summed E-state index contributed by atoms with van der Waals surface area (Å²) in [5, 5.41) is 0. The molecule has 4 rings (SSSR count). The first kappa shape index (κ1) is 17.5. The minimum absolute atomic E-state index is 0.166. The first-order valence-electron chi connectivity index (χ1n) is 9.53. The van der Waals surface area contributed by atoms with E-state index in [0.717, 1.165) is 29.7 Å². The van der Waals surface area contributed by atoms with E-state index < -0.39 is 5.41 Å². The molecule has 0 aliphatic carbocycles. The average Bonchev–Trinajstić information content (AvgIpc) is 2.89. The topological polar surface area (TPSA) is 20.3 Å². The Bertz CT molecular complexity index is 972. The molecule has 3 aromatic carbocycles. The molecule has 0 fully saturated rings. The number of likely N-dealkylation sites (N-methyl/N-ethyl adjacent to an activating group) is 1. The van der Waals surface area contributed by atoms with E-state index in [9.17, 15) is 4.79 Å². The summed E-state index contributed by atoms with van der Waals surface area (Å²) < 4.78 is 0. The summed E-state index contributed by atoms with van der Waals surface area (Å²) in [5.74, 6) is 0.166. The zero-order valence-corrected chi connectivity index (χ0v) is 16.2. The number of benzene rings is 3. The first-order chi connectivity index (χ1) is 13.0. The minimum Gasteiger partial charge on any atom is -0.314 e. The molecule has 0 radical (unpaired) electrons. The normalized spacial score (nSPS) is 18.6. The summed E-state index contributed by atoms with van der Waals surface area (Å²) in [7, 11) is 1.89. The number of amides is 1. The van der Waals surface area contributed by atoms with Crippen LogP contribution in [0.4, 0.5) is 5.69 Å². The Morgan fingerprint density at radius 3 is 2.19 bits per heavy atom. The zero-order valence-electron chi connectivity index (χ0n) is 16.2. The Kier molecular flexibility index (Phi) is 4.35. The molecule has 0 bridgehead atoms. The van der Waals surface area contributed by atoms with E-state index in [-0.39, 0.29) is 5.91 Å². The fraction of sp³-hybridized carbons (Fsp3) is 0.240. The molecule has 0 saturated carbocycles. The van der Waals surface area contributed by atoms with Gasteiger partial charge < -0.3 is 4.90 Å². The van der Waals surface area contributed by atoms with Crippen LogP contribution in [-0.2, 0) is 16.6 Å². The van der Waals surface area contributed by atoms with Crippen LogP contribution in [0.1, 0.15) is 34.2 Å². The van der Waals surface area contributed by atoms with Crippen molar-refractivity contribution in [3.8, 4) is 0 Å². The van der Waals surface area contributed by atoms with Gasteiger partial charge in [0.2, 0.25) is 5.91 Å². The van der Waals surface area contributed by atoms with E-state index in [2.05, 4.69) is 56.3 Å². The van der Waals surface area contributed by atoms with Crippen molar-refractivity contribution in [2.75, 3.05) is 11.9 Å². The van der Waals surface area contributed by atoms with Gasteiger partial charge in [0.25, 0.3) is 0 Å². The van der Waals surface area contributed by atoms with Crippen molar-refractivity contribution in [2.24, 2.45) is 0 Å². The third-order valence-electron chi connectivity index (χ3n) is 5.73. The number of aryl methyl sites for hydroxylation is 3. The fourth-order valence-corrected chi connectivity index (χ4v) is 4.57. The van der Waals surface area contributed by atoms with E-state index in [1.807, 2.05) is 42.3 Å². The molecule has 1 atom stereocenters. The molecule has 1 aliphatic rings. The Morgan fingerprint density at radius 2 is 1.48 bits per heavy atom. The maximum absolute atomic E-state index is 13.6. The number of rotatable bonds is 4. The lowest BCUT2D eigenvalue weighted by atomic mass is 9.71. The van der Waals surface area contributed by atoms with Gasteiger partial charge in [-0.25, -0.2) is 0 Å². The second-order valence-electron chi connectivity index (χ2n) is 7.65. The average molecular weight is 355 g/mol. The van der Waals surface area contributed by atoms with E-state index in [0.29, 0.717) is 0 Å². The summed E-state index contributed by atoms with van der Waals surface area (Å²) in [6.45, 7) is 4.26. The van der Waals surface area contributed by atoms with Crippen LogP contribution in [0.15, 0.2) is 72.8 Å². The van der Waals surface area contributed by atoms with Crippen molar-refractivity contribution in [3.05, 3.63) is 101 Å². The van der Waals surface area contributed by atoms with Gasteiger partial charge in [-0.2, -0.15) is 0 Å². The number of nitrogens with zero attached hydrogens (tertiary/aromatic N) is 1. The smallest absolute Gasteiger partial charge is 0.241 e. The van der Waals surface area contributed by atoms with Gasteiger partial charge in [-0.05, 0) is 49.4 Å². The maximum Gasteiger partial charge on any atom is 0.241 e. The van der Waals surface area contributed by atoms with Gasteiger partial charge in [-0.3, -0.25) is 4.79 Å². The zero-order chi connectivity index (χ0) is 19.0. The van der Waals surface area contributed by atoms with Crippen LogP contribution < -0.4 is 4.90 Å². The Hall–Kier alpha value is -2.87. The van der Waals surface area contributed by atoms with E-state index >= 15 is 0 Å². The molecule has 1 unspecified atom stereocenters. The van der Waals surface area contributed by atoms with E-state index in [4.69, 9.17) is 0 Å². The highest BCUT2D eigenvalue weighted by Crippen LogP contribution is 2.48. The number of carbonyl (C=O) groups is 1. The summed E-state index contributed by atoms with van der Waals surface area (Å²) in [6.07, 6.45) is 1.63. The summed E-state index contributed by atoms with van der Waals surface area (Å²) in [6, 6.07) is 25.1. The summed E-state index contributed by atoms with van der Waals surface area (Å²) in [4.78, 5) is 15.4. The molecule has 0 aromatic heterocycles. The lowest BCUT2D eigenvalue weighted by Crippen LogP contribution is -2.40. The SMILES string of the molecule is Cc1cc(C)cc(CCC2(c3ccccc3)C(=O)N(C)c3ccccc32)c1. The van der Waals surface area contributed by atoms with Crippen LogP contribution in [0, 0.1) is 13.8 Å². The highest BCUT2D eigenvalue weighted by molar-refractivity contribution is 6.10. The maximum atomic E-state index is 13.6. The van der Waals surface area contributed by atoms with Crippen LogP contribution >= 0.6 is 0 Å². The second-order valence-corrected chi connectivity index (χ2v) is 7.65. The highest BCUT2D eigenvalue weighted by Gasteiger charge is 2.50. The summed E-state index contributed by atoms with van der Waals surface area (Å²) >= 11 is 0. The van der Waals surface area contributed by atoms with Gasteiger partial charge in [-0.1, -0.05) is 77.9 Å². The molecular formula is C25H25NO. The Labute approximate surface area is 161 Å². The predicted molar refractivity (Wildman–Crippen MR) is 111 cm³/mol. The van der Waals surface area contributed by atoms with Gasteiger partial charge in [0, 0.05) is 12.7 Å². The van der Waals surface area contributed by atoms with Crippen molar-refractivity contribution < 1.29 is 4.79 Å². The third kappa shape index (κ3) is 2.86.